The minimum absolute atomic E-state index is 0.0634. The number of amides is 1. The molecule has 1 heterocycles. The van der Waals surface area contributed by atoms with E-state index < -0.39 is 21.5 Å². The number of hydrogen-bond acceptors (Lipinski definition) is 4. The number of primary amides is 1. The molecule has 4 N–H and O–H groups in total. The Morgan fingerprint density at radius 3 is 2.59 bits per heavy atom. The molecule has 2 aromatic carbocycles. The van der Waals surface area contributed by atoms with Crippen LogP contribution in [0.5, 0.6) is 0 Å². The van der Waals surface area contributed by atoms with Crippen LogP contribution in [0.2, 0.25) is 0 Å². The number of anilines is 1. The quantitative estimate of drug-likeness (QED) is 0.735. The van der Waals surface area contributed by atoms with Crippen LogP contribution in [0.15, 0.2) is 60.7 Å². The second-order valence-corrected chi connectivity index (χ2v) is 8.79. The lowest BCUT2D eigenvalue weighted by Crippen LogP contribution is -2.58. The molecule has 6 nitrogen and oxygen atoms in total. The van der Waals surface area contributed by atoms with Crippen molar-refractivity contribution in [3.63, 3.8) is 0 Å². The molecular formula is C20H21N3O3S. The van der Waals surface area contributed by atoms with Gasteiger partial charge in [-0.25, -0.2) is 8.42 Å². The van der Waals surface area contributed by atoms with Crippen LogP contribution in [0.4, 0.5) is 5.69 Å². The summed E-state index contributed by atoms with van der Waals surface area (Å²) in [6.45, 7) is 0. The predicted octanol–water partition coefficient (Wildman–Crippen LogP) is 2.00. The Labute approximate surface area is 158 Å². The lowest BCUT2D eigenvalue weighted by molar-refractivity contribution is -0.122. The van der Waals surface area contributed by atoms with Crippen LogP contribution in [0.3, 0.4) is 0 Å². The van der Waals surface area contributed by atoms with Crippen molar-refractivity contribution < 1.29 is 13.2 Å². The van der Waals surface area contributed by atoms with Gasteiger partial charge in [0.2, 0.25) is 15.9 Å². The molecule has 140 valence electrons. The highest BCUT2D eigenvalue weighted by Crippen LogP contribution is 2.42. The Morgan fingerprint density at radius 2 is 1.85 bits per heavy atom. The summed E-state index contributed by atoms with van der Waals surface area (Å²) < 4.78 is 28.1. The molecule has 0 bridgehead atoms. The Balaban J connectivity index is 1.68. The fourth-order valence-corrected chi connectivity index (χ4v) is 5.38. The van der Waals surface area contributed by atoms with Crippen molar-refractivity contribution in [3.05, 3.63) is 71.8 Å². The number of carbonyl (C=O) groups excluding carboxylic acids is 1. The third kappa shape index (κ3) is 3.36. The maximum absolute atomic E-state index is 12.8. The lowest BCUT2D eigenvalue weighted by atomic mass is 9.80. The van der Waals surface area contributed by atoms with E-state index in [-0.39, 0.29) is 11.8 Å². The minimum atomic E-state index is -3.76. The van der Waals surface area contributed by atoms with Crippen LogP contribution in [0.25, 0.3) is 5.57 Å². The van der Waals surface area contributed by atoms with Gasteiger partial charge >= 0.3 is 0 Å². The first kappa shape index (κ1) is 17.8. The van der Waals surface area contributed by atoms with E-state index in [1.54, 1.807) is 30.3 Å². The fourth-order valence-electron chi connectivity index (χ4n) is 3.86. The number of nitrogens with one attached hydrogen (secondary N) is 2. The zero-order chi connectivity index (χ0) is 19.1. The lowest BCUT2D eigenvalue weighted by Gasteiger charge is -2.34. The number of fused-ring (bicyclic) bond motifs is 3. The minimum Gasteiger partial charge on any atom is -0.378 e. The summed E-state index contributed by atoms with van der Waals surface area (Å²) in [5, 5.41) is 3.42. The van der Waals surface area contributed by atoms with Gasteiger partial charge in [-0.3, -0.25) is 4.79 Å². The van der Waals surface area contributed by atoms with Gasteiger partial charge in [0.15, 0.2) is 0 Å². The Kier molecular flexibility index (Phi) is 4.28. The molecule has 7 heteroatoms. The molecule has 2 aromatic rings. The van der Waals surface area contributed by atoms with Crippen molar-refractivity contribution in [2.24, 2.45) is 5.73 Å². The van der Waals surface area contributed by atoms with Crippen molar-refractivity contribution in [3.8, 4) is 0 Å². The largest absolute Gasteiger partial charge is 0.378 e. The third-order valence-corrected chi connectivity index (χ3v) is 6.54. The van der Waals surface area contributed by atoms with Crippen molar-refractivity contribution in [2.45, 2.75) is 30.2 Å². The summed E-state index contributed by atoms with van der Waals surface area (Å²) in [7, 11) is -3.76. The highest BCUT2D eigenvalue weighted by molar-refractivity contribution is 7.88. The molecule has 2 unspecified atom stereocenters. The van der Waals surface area contributed by atoms with Crippen molar-refractivity contribution in [1.29, 1.82) is 0 Å². The molecule has 0 saturated heterocycles. The number of benzene rings is 2. The zero-order valence-corrected chi connectivity index (χ0v) is 15.5. The third-order valence-electron chi connectivity index (χ3n) is 5.15. The van der Waals surface area contributed by atoms with Gasteiger partial charge in [0.25, 0.3) is 0 Å². The molecule has 1 amide bonds. The van der Waals surface area contributed by atoms with Crippen LogP contribution in [-0.2, 0) is 20.6 Å². The normalized spacial score (nSPS) is 23.7. The van der Waals surface area contributed by atoms with Gasteiger partial charge in [0.05, 0.1) is 11.8 Å². The van der Waals surface area contributed by atoms with Gasteiger partial charge in [0, 0.05) is 11.3 Å². The van der Waals surface area contributed by atoms with E-state index in [0.29, 0.717) is 18.4 Å². The van der Waals surface area contributed by atoms with E-state index in [1.165, 1.54) is 0 Å². The summed E-state index contributed by atoms with van der Waals surface area (Å²) in [4.78, 5) is 12.3. The van der Waals surface area contributed by atoms with E-state index in [0.717, 1.165) is 16.8 Å². The van der Waals surface area contributed by atoms with Gasteiger partial charge in [-0.05, 0) is 36.1 Å². The van der Waals surface area contributed by atoms with Gasteiger partial charge in [-0.15, -0.1) is 0 Å². The number of para-hydroxylation sites is 1. The number of rotatable bonds is 5. The molecule has 0 fully saturated rings. The maximum atomic E-state index is 12.8. The molecule has 0 aromatic heterocycles. The molecule has 0 saturated carbocycles. The van der Waals surface area contributed by atoms with Gasteiger partial charge in [0.1, 0.15) is 5.54 Å². The van der Waals surface area contributed by atoms with Crippen LogP contribution in [0, 0.1) is 0 Å². The molecule has 1 aliphatic carbocycles. The van der Waals surface area contributed by atoms with E-state index in [4.69, 9.17) is 5.73 Å². The molecule has 0 spiro atoms. The highest BCUT2D eigenvalue weighted by atomic mass is 32.2. The van der Waals surface area contributed by atoms with Gasteiger partial charge in [-0.2, -0.15) is 4.72 Å². The first-order chi connectivity index (χ1) is 12.9. The second-order valence-electron chi connectivity index (χ2n) is 7.06. The van der Waals surface area contributed by atoms with Gasteiger partial charge < -0.3 is 11.1 Å². The molecule has 0 radical (unpaired) electrons. The van der Waals surface area contributed by atoms with Crippen molar-refractivity contribution in [1.82, 2.24) is 4.72 Å². The van der Waals surface area contributed by atoms with Gasteiger partial charge in [-0.1, -0.05) is 48.5 Å². The standard InChI is InChI=1S/C20H21N3O3S/c21-19(24)20(23-27(25,26)13-14-6-2-1-3-7-14)11-10-18-16(12-20)15-8-4-5-9-17(15)22-18/h1-9,12,18,22-23H,10-11,13H2,(H2,21,24). The highest BCUT2D eigenvalue weighted by Gasteiger charge is 2.44. The molecule has 2 atom stereocenters. The number of nitrogens with two attached hydrogens (primary N) is 1. The van der Waals surface area contributed by atoms with E-state index in [2.05, 4.69) is 10.0 Å². The first-order valence-electron chi connectivity index (χ1n) is 8.83. The summed E-state index contributed by atoms with van der Waals surface area (Å²) in [5.41, 5.74) is 7.79. The van der Waals surface area contributed by atoms with Crippen molar-refractivity contribution in [2.75, 3.05) is 5.32 Å². The molecule has 2 aliphatic rings. The number of hydrogen-bond donors (Lipinski definition) is 3. The number of sulfonamides is 1. The van der Waals surface area contributed by atoms with E-state index in [9.17, 15) is 13.2 Å². The van der Waals surface area contributed by atoms with Crippen LogP contribution < -0.4 is 15.8 Å². The fraction of sp³-hybridized carbons (Fsp3) is 0.250. The SMILES string of the molecule is NC(=O)C1(NS(=O)(=O)Cc2ccccc2)C=C2c3ccccc3NC2CC1. The number of carbonyl (C=O) groups is 1. The summed E-state index contributed by atoms with van der Waals surface area (Å²) >= 11 is 0. The monoisotopic (exact) mass is 383 g/mol. The average molecular weight is 383 g/mol. The molecular weight excluding hydrogens is 362 g/mol. The Bertz CT molecular complexity index is 1020. The maximum Gasteiger partial charge on any atom is 0.242 e. The molecule has 4 rings (SSSR count). The second kappa shape index (κ2) is 6.51. The summed E-state index contributed by atoms with van der Waals surface area (Å²) in [5.74, 6) is -0.890. The van der Waals surface area contributed by atoms with E-state index in [1.807, 2.05) is 30.3 Å². The summed E-state index contributed by atoms with van der Waals surface area (Å²) in [6, 6.07) is 16.7. The first-order valence-corrected chi connectivity index (χ1v) is 10.5. The van der Waals surface area contributed by atoms with E-state index >= 15 is 0 Å². The Morgan fingerprint density at radius 1 is 1.15 bits per heavy atom. The topological polar surface area (TPSA) is 101 Å². The van der Waals surface area contributed by atoms with Crippen LogP contribution in [0.1, 0.15) is 24.0 Å². The Hall–Kier alpha value is -2.64. The van der Waals surface area contributed by atoms with Crippen LogP contribution >= 0.6 is 0 Å². The van der Waals surface area contributed by atoms with Crippen LogP contribution in [-0.4, -0.2) is 25.9 Å². The zero-order valence-electron chi connectivity index (χ0n) is 14.7. The average Bonchev–Trinajstić information content (AvgIpc) is 2.99. The summed E-state index contributed by atoms with van der Waals surface area (Å²) in [6.07, 6.45) is 2.62. The molecule has 1 aliphatic heterocycles. The molecule has 27 heavy (non-hydrogen) atoms. The predicted molar refractivity (Wildman–Crippen MR) is 105 cm³/mol. The van der Waals surface area contributed by atoms with Crippen molar-refractivity contribution >= 4 is 27.2 Å². The smallest absolute Gasteiger partial charge is 0.242 e.